The van der Waals surface area contributed by atoms with Gasteiger partial charge in [-0.25, -0.2) is 4.98 Å². The van der Waals surface area contributed by atoms with Crippen LogP contribution >= 0.6 is 0 Å². The molecule has 22 heavy (non-hydrogen) atoms. The minimum atomic E-state index is 0.149. The molecule has 1 amide bonds. The minimum Gasteiger partial charge on any atom is -0.354 e. The number of rotatable bonds is 6. The zero-order valence-corrected chi connectivity index (χ0v) is 13.1. The molecule has 5 heteroatoms. The van der Waals surface area contributed by atoms with Crippen LogP contribution in [0.2, 0.25) is 0 Å². The van der Waals surface area contributed by atoms with Crippen molar-refractivity contribution in [2.75, 3.05) is 13.1 Å². The molecule has 1 atom stereocenters. The summed E-state index contributed by atoms with van der Waals surface area (Å²) >= 11 is 0. The van der Waals surface area contributed by atoms with Gasteiger partial charge in [-0.15, -0.1) is 0 Å². The van der Waals surface area contributed by atoms with Gasteiger partial charge in [0.25, 0.3) is 0 Å². The normalized spacial score (nSPS) is 18.0. The molecule has 2 heterocycles. The van der Waals surface area contributed by atoms with Gasteiger partial charge >= 0.3 is 0 Å². The summed E-state index contributed by atoms with van der Waals surface area (Å²) in [5.74, 6) is 1.14. The van der Waals surface area contributed by atoms with Crippen LogP contribution in [0.5, 0.6) is 0 Å². The molecule has 0 aliphatic carbocycles. The number of carbonyl (C=O) groups excluding carboxylic acids is 1. The molecule has 1 aromatic heterocycles. The first-order chi connectivity index (χ1) is 10.7. The first-order valence-electron chi connectivity index (χ1n) is 8.16. The number of hydrogen-bond donors (Lipinski definition) is 2. The number of aryl methyl sites for hydroxylation is 1. The van der Waals surface area contributed by atoms with Gasteiger partial charge in [-0.05, 0) is 44.9 Å². The molecule has 2 aromatic rings. The second kappa shape index (κ2) is 6.92. The average Bonchev–Trinajstić information content (AvgIpc) is 3.13. The van der Waals surface area contributed by atoms with Crippen LogP contribution in [0.3, 0.4) is 0 Å². The summed E-state index contributed by atoms with van der Waals surface area (Å²) in [5, 5.41) is 6.45. The van der Waals surface area contributed by atoms with Crippen LogP contribution in [0.1, 0.15) is 31.5 Å². The Morgan fingerprint density at radius 1 is 1.45 bits per heavy atom. The molecular weight excluding hydrogens is 276 g/mol. The third-order valence-corrected chi connectivity index (χ3v) is 4.39. The highest BCUT2D eigenvalue weighted by Gasteiger charge is 2.15. The van der Waals surface area contributed by atoms with Gasteiger partial charge in [0.2, 0.25) is 5.91 Å². The van der Waals surface area contributed by atoms with E-state index in [0.29, 0.717) is 19.0 Å². The Morgan fingerprint density at radius 3 is 3.14 bits per heavy atom. The molecule has 1 aliphatic heterocycles. The van der Waals surface area contributed by atoms with E-state index in [9.17, 15) is 4.79 Å². The smallest absolute Gasteiger partial charge is 0.220 e. The van der Waals surface area contributed by atoms with E-state index in [1.165, 1.54) is 12.8 Å². The fraction of sp³-hybridized carbons (Fsp3) is 0.529. The van der Waals surface area contributed by atoms with Crippen LogP contribution < -0.4 is 10.6 Å². The molecule has 3 rings (SSSR count). The third-order valence-electron chi connectivity index (χ3n) is 4.39. The molecule has 0 saturated carbocycles. The van der Waals surface area contributed by atoms with Gasteiger partial charge in [0.1, 0.15) is 5.82 Å². The maximum Gasteiger partial charge on any atom is 0.220 e. The summed E-state index contributed by atoms with van der Waals surface area (Å²) in [5.41, 5.74) is 2.14. The number of fused-ring (bicyclic) bond motifs is 1. The van der Waals surface area contributed by atoms with E-state index < -0.39 is 0 Å². The van der Waals surface area contributed by atoms with E-state index in [-0.39, 0.29) is 5.91 Å². The zero-order chi connectivity index (χ0) is 15.4. The lowest BCUT2D eigenvalue weighted by Crippen LogP contribution is -2.29. The van der Waals surface area contributed by atoms with Crippen LogP contribution in [0.25, 0.3) is 11.0 Å². The highest BCUT2D eigenvalue weighted by atomic mass is 16.1. The number of hydrogen-bond acceptors (Lipinski definition) is 3. The van der Waals surface area contributed by atoms with Crippen molar-refractivity contribution in [3.63, 3.8) is 0 Å². The Kier molecular flexibility index (Phi) is 4.73. The number of carbonyl (C=O) groups is 1. The molecule has 118 valence electrons. The molecule has 1 unspecified atom stereocenters. The predicted molar refractivity (Wildman–Crippen MR) is 87.7 cm³/mol. The fourth-order valence-corrected chi connectivity index (χ4v) is 3.18. The summed E-state index contributed by atoms with van der Waals surface area (Å²) in [4.78, 5) is 16.5. The second-order valence-corrected chi connectivity index (χ2v) is 5.98. The van der Waals surface area contributed by atoms with Crippen molar-refractivity contribution < 1.29 is 4.79 Å². The molecular formula is C17H24N4O. The average molecular weight is 300 g/mol. The maximum absolute atomic E-state index is 11.9. The summed E-state index contributed by atoms with van der Waals surface area (Å²) in [6, 6.07) is 8.64. The van der Waals surface area contributed by atoms with E-state index >= 15 is 0 Å². The van der Waals surface area contributed by atoms with Crippen LogP contribution in [0, 0.1) is 6.92 Å². The van der Waals surface area contributed by atoms with Gasteiger partial charge in [-0.1, -0.05) is 12.1 Å². The summed E-state index contributed by atoms with van der Waals surface area (Å²) in [6.45, 7) is 4.52. The first-order valence-corrected chi connectivity index (χ1v) is 8.16. The lowest BCUT2D eigenvalue weighted by atomic mass is 10.1. The third kappa shape index (κ3) is 3.47. The van der Waals surface area contributed by atoms with Crippen molar-refractivity contribution >= 4 is 16.9 Å². The van der Waals surface area contributed by atoms with Crippen LogP contribution in [0.15, 0.2) is 24.3 Å². The number of nitrogens with zero attached hydrogens (tertiary/aromatic N) is 2. The molecule has 2 N–H and O–H groups in total. The number of amides is 1. The Labute approximate surface area is 131 Å². The van der Waals surface area contributed by atoms with Crippen molar-refractivity contribution in [2.45, 2.75) is 45.2 Å². The van der Waals surface area contributed by atoms with Crippen molar-refractivity contribution in [1.29, 1.82) is 0 Å². The van der Waals surface area contributed by atoms with Gasteiger partial charge in [0, 0.05) is 25.6 Å². The van der Waals surface area contributed by atoms with Gasteiger partial charge < -0.3 is 15.2 Å². The van der Waals surface area contributed by atoms with Crippen molar-refractivity contribution in [2.24, 2.45) is 0 Å². The Balaban J connectivity index is 1.47. The van der Waals surface area contributed by atoms with Crippen LogP contribution in [-0.4, -0.2) is 34.6 Å². The number of nitrogens with one attached hydrogen (secondary N) is 2. The lowest BCUT2D eigenvalue weighted by Gasteiger charge is -2.11. The van der Waals surface area contributed by atoms with Crippen molar-refractivity contribution in [3.05, 3.63) is 30.1 Å². The molecule has 1 aromatic carbocycles. The monoisotopic (exact) mass is 300 g/mol. The van der Waals surface area contributed by atoms with Gasteiger partial charge in [-0.3, -0.25) is 4.79 Å². The highest BCUT2D eigenvalue weighted by molar-refractivity contribution is 5.76. The van der Waals surface area contributed by atoms with E-state index in [0.717, 1.165) is 36.4 Å². The largest absolute Gasteiger partial charge is 0.354 e. The Bertz CT molecular complexity index is 643. The number of benzene rings is 1. The molecule has 0 spiro atoms. The number of aromatic nitrogens is 2. The molecule has 1 aliphatic rings. The number of para-hydroxylation sites is 2. The van der Waals surface area contributed by atoms with E-state index in [1.807, 2.05) is 25.1 Å². The Morgan fingerprint density at radius 2 is 2.32 bits per heavy atom. The van der Waals surface area contributed by atoms with Gasteiger partial charge in [0.15, 0.2) is 0 Å². The highest BCUT2D eigenvalue weighted by Crippen LogP contribution is 2.15. The second-order valence-electron chi connectivity index (χ2n) is 5.98. The topological polar surface area (TPSA) is 59.0 Å². The van der Waals surface area contributed by atoms with Crippen molar-refractivity contribution in [1.82, 2.24) is 20.2 Å². The quantitative estimate of drug-likeness (QED) is 0.858. The zero-order valence-electron chi connectivity index (χ0n) is 13.1. The minimum absolute atomic E-state index is 0.149. The molecule has 5 nitrogen and oxygen atoms in total. The standard InChI is InChI=1S/C17H24N4O/c1-13-20-15-6-2-3-7-16(15)21(13)12-11-19-17(22)9-8-14-5-4-10-18-14/h2-3,6-7,14,18H,4-5,8-12H2,1H3,(H,19,22). The summed E-state index contributed by atoms with van der Waals surface area (Å²) in [6.07, 6.45) is 3.99. The molecule has 1 saturated heterocycles. The summed E-state index contributed by atoms with van der Waals surface area (Å²) in [7, 11) is 0. The maximum atomic E-state index is 11.9. The summed E-state index contributed by atoms with van der Waals surface area (Å²) < 4.78 is 2.16. The fourth-order valence-electron chi connectivity index (χ4n) is 3.18. The molecule has 0 radical (unpaired) electrons. The van der Waals surface area contributed by atoms with Crippen LogP contribution in [0.4, 0.5) is 0 Å². The molecule has 0 bridgehead atoms. The van der Waals surface area contributed by atoms with Crippen LogP contribution in [-0.2, 0) is 11.3 Å². The van der Waals surface area contributed by atoms with E-state index in [2.05, 4.69) is 26.3 Å². The number of imidazole rings is 1. The predicted octanol–water partition coefficient (Wildman–Crippen LogP) is 1.99. The first kappa shape index (κ1) is 15.0. The van der Waals surface area contributed by atoms with Gasteiger partial charge in [0.05, 0.1) is 11.0 Å². The van der Waals surface area contributed by atoms with E-state index in [1.54, 1.807) is 0 Å². The molecule has 1 fully saturated rings. The van der Waals surface area contributed by atoms with Crippen molar-refractivity contribution in [3.8, 4) is 0 Å². The Hall–Kier alpha value is -1.88. The van der Waals surface area contributed by atoms with Gasteiger partial charge in [-0.2, -0.15) is 0 Å². The van der Waals surface area contributed by atoms with E-state index in [4.69, 9.17) is 0 Å². The SMILES string of the molecule is Cc1nc2ccccc2n1CCNC(=O)CCC1CCCN1. The lowest BCUT2D eigenvalue weighted by molar-refractivity contribution is -0.121.